The van der Waals surface area contributed by atoms with Gasteiger partial charge in [-0.3, -0.25) is 4.79 Å². The number of halogens is 1. The van der Waals surface area contributed by atoms with Crippen LogP contribution in [0.15, 0.2) is 36.4 Å². The van der Waals surface area contributed by atoms with Crippen molar-refractivity contribution in [3.8, 4) is 0 Å². The minimum absolute atomic E-state index is 0.0706. The summed E-state index contributed by atoms with van der Waals surface area (Å²) in [6.45, 7) is 1.97. The van der Waals surface area contributed by atoms with Crippen LogP contribution in [0, 0.1) is 6.92 Å². The van der Waals surface area contributed by atoms with Crippen LogP contribution in [0.3, 0.4) is 0 Å². The van der Waals surface area contributed by atoms with E-state index in [9.17, 15) is 4.79 Å². The lowest BCUT2D eigenvalue weighted by Gasteiger charge is -2.21. The molecule has 0 radical (unpaired) electrons. The molecule has 1 aliphatic heterocycles. The predicted octanol–water partition coefficient (Wildman–Crippen LogP) is 3.58. The van der Waals surface area contributed by atoms with Crippen LogP contribution in [0.1, 0.15) is 34.7 Å². The van der Waals surface area contributed by atoms with Gasteiger partial charge in [-0.25, -0.2) is 0 Å². The van der Waals surface area contributed by atoms with Gasteiger partial charge in [0.1, 0.15) is 0 Å². The molecule has 0 bridgehead atoms. The lowest BCUT2D eigenvalue weighted by atomic mass is 9.93. The van der Waals surface area contributed by atoms with Gasteiger partial charge >= 0.3 is 0 Å². The SMILES string of the molecule is Cc1cccc(C(N)c2ccc3c(c2)CCC(=O)N3)c1Cl. The maximum atomic E-state index is 11.4. The van der Waals surface area contributed by atoms with Crippen molar-refractivity contribution < 1.29 is 4.79 Å². The van der Waals surface area contributed by atoms with Crippen molar-refractivity contribution >= 4 is 23.2 Å². The van der Waals surface area contributed by atoms with Crippen molar-refractivity contribution in [1.82, 2.24) is 0 Å². The van der Waals surface area contributed by atoms with Crippen molar-refractivity contribution in [1.29, 1.82) is 0 Å². The highest BCUT2D eigenvalue weighted by molar-refractivity contribution is 6.32. The maximum Gasteiger partial charge on any atom is 0.224 e. The molecule has 2 aromatic carbocycles. The Morgan fingerprint density at radius 1 is 1.24 bits per heavy atom. The summed E-state index contributed by atoms with van der Waals surface area (Å²) in [4.78, 5) is 11.4. The van der Waals surface area contributed by atoms with Crippen LogP contribution in [0.25, 0.3) is 0 Å². The van der Waals surface area contributed by atoms with E-state index < -0.39 is 0 Å². The van der Waals surface area contributed by atoms with Crippen molar-refractivity contribution in [2.45, 2.75) is 25.8 Å². The van der Waals surface area contributed by atoms with Crippen molar-refractivity contribution in [3.63, 3.8) is 0 Å². The number of hydrogen-bond acceptors (Lipinski definition) is 2. The Labute approximate surface area is 129 Å². The zero-order valence-electron chi connectivity index (χ0n) is 11.8. The molecule has 2 aromatic rings. The van der Waals surface area contributed by atoms with Crippen LogP contribution >= 0.6 is 11.6 Å². The third-order valence-corrected chi connectivity index (χ3v) is 4.46. The van der Waals surface area contributed by atoms with Gasteiger partial charge < -0.3 is 11.1 Å². The van der Waals surface area contributed by atoms with Crippen LogP contribution in [-0.2, 0) is 11.2 Å². The number of amides is 1. The summed E-state index contributed by atoms with van der Waals surface area (Å²) in [5, 5.41) is 3.60. The van der Waals surface area contributed by atoms with Crippen LogP contribution in [0.2, 0.25) is 5.02 Å². The molecule has 3 N–H and O–H groups in total. The summed E-state index contributed by atoms with van der Waals surface area (Å²) in [7, 11) is 0. The van der Waals surface area contributed by atoms with Gasteiger partial charge in [0.2, 0.25) is 5.91 Å². The Hall–Kier alpha value is -1.84. The minimum atomic E-state index is -0.264. The number of rotatable bonds is 2. The molecule has 21 heavy (non-hydrogen) atoms. The monoisotopic (exact) mass is 300 g/mol. The van der Waals surface area contributed by atoms with Gasteiger partial charge in [0.25, 0.3) is 0 Å². The maximum absolute atomic E-state index is 11.4. The molecule has 0 saturated heterocycles. The summed E-state index contributed by atoms with van der Waals surface area (Å²) in [6.07, 6.45) is 1.28. The molecule has 3 rings (SSSR count). The highest BCUT2D eigenvalue weighted by Crippen LogP contribution is 2.31. The van der Waals surface area contributed by atoms with E-state index in [4.69, 9.17) is 17.3 Å². The fourth-order valence-corrected chi connectivity index (χ4v) is 2.93. The third-order valence-electron chi connectivity index (χ3n) is 3.94. The molecule has 1 unspecified atom stereocenters. The van der Waals surface area contributed by atoms with E-state index in [1.165, 1.54) is 0 Å². The van der Waals surface area contributed by atoms with E-state index in [1.54, 1.807) is 0 Å². The molecule has 0 saturated carbocycles. The first-order chi connectivity index (χ1) is 10.1. The number of aryl methyl sites for hydroxylation is 2. The second kappa shape index (κ2) is 5.51. The summed E-state index contributed by atoms with van der Waals surface area (Å²) in [5.41, 5.74) is 11.4. The van der Waals surface area contributed by atoms with Gasteiger partial charge in [-0.1, -0.05) is 41.9 Å². The van der Waals surface area contributed by atoms with Gasteiger partial charge in [0.05, 0.1) is 6.04 Å². The Bertz CT molecular complexity index is 712. The molecular formula is C17H17ClN2O. The van der Waals surface area contributed by atoms with E-state index in [2.05, 4.69) is 11.4 Å². The number of carbonyl (C=O) groups is 1. The van der Waals surface area contributed by atoms with Crippen molar-refractivity contribution in [3.05, 3.63) is 63.7 Å². The second-order valence-electron chi connectivity index (χ2n) is 5.42. The highest BCUT2D eigenvalue weighted by Gasteiger charge is 2.18. The molecule has 0 aliphatic carbocycles. The molecule has 108 valence electrons. The zero-order valence-corrected chi connectivity index (χ0v) is 12.6. The number of fused-ring (bicyclic) bond motifs is 1. The van der Waals surface area contributed by atoms with Crippen LogP contribution in [0.5, 0.6) is 0 Å². The van der Waals surface area contributed by atoms with Gasteiger partial charge in [-0.15, -0.1) is 0 Å². The molecular weight excluding hydrogens is 284 g/mol. The van der Waals surface area contributed by atoms with E-state index in [0.717, 1.165) is 39.4 Å². The highest BCUT2D eigenvalue weighted by atomic mass is 35.5. The minimum Gasteiger partial charge on any atom is -0.326 e. The molecule has 3 nitrogen and oxygen atoms in total. The Balaban J connectivity index is 1.97. The molecule has 0 aromatic heterocycles. The normalized spacial score (nSPS) is 15.3. The number of nitrogens with two attached hydrogens (primary N) is 1. The van der Waals surface area contributed by atoms with Gasteiger partial charge in [-0.2, -0.15) is 0 Å². The lowest BCUT2D eigenvalue weighted by Crippen LogP contribution is -2.20. The largest absolute Gasteiger partial charge is 0.326 e. The second-order valence-corrected chi connectivity index (χ2v) is 5.80. The number of nitrogens with one attached hydrogen (secondary N) is 1. The van der Waals surface area contributed by atoms with Gasteiger partial charge in [0.15, 0.2) is 0 Å². The van der Waals surface area contributed by atoms with E-state index >= 15 is 0 Å². The molecule has 1 heterocycles. The first-order valence-corrected chi connectivity index (χ1v) is 7.37. The Kier molecular flexibility index (Phi) is 3.70. The average Bonchev–Trinajstić information content (AvgIpc) is 2.49. The Morgan fingerprint density at radius 2 is 2.05 bits per heavy atom. The molecule has 0 spiro atoms. The summed E-state index contributed by atoms with van der Waals surface area (Å²) < 4.78 is 0. The van der Waals surface area contributed by atoms with Crippen LogP contribution in [-0.4, -0.2) is 5.91 Å². The first kappa shape index (κ1) is 14.1. The molecule has 1 atom stereocenters. The summed E-state index contributed by atoms with van der Waals surface area (Å²) in [5.74, 6) is 0.0706. The third kappa shape index (κ3) is 2.67. The molecule has 1 aliphatic rings. The van der Waals surface area contributed by atoms with Gasteiger partial charge in [0, 0.05) is 17.1 Å². The smallest absolute Gasteiger partial charge is 0.224 e. The van der Waals surface area contributed by atoms with E-state index in [0.29, 0.717) is 6.42 Å². The Morgan fingerprint density at radius 3 is 2.86 bits per heavy atom. The number of anilines is 1. The number of carbonyl (C=O) groups excluding carboxylic acids is 1. The van der Waals surface area contributed by atoms with Crippen molar-refractivity contribution in [2.24, 2.45) is 5.73 Å². The fraction of sp³-hybridized carbons (Fsp3) is 0.235. The number of benzene rings is 2. The molecule has 0 fully saturated rings. The molecule has 1 amide bonds. The zero-order chi connectivity index (χ0) is 15.0. The predicted molar refractivity (Wildman–Crippen MR) is 85.6 cm³/mol. The fourth-order valence-electron chi connectivity index (χ4n) is 2.69. The van der Waals surface area contributed by atoms with E-state index in [-0.39, 0.29) is 11.9 Å². The van der Waals surface area contributed by atoms with Crippen LogP contribution in [0.4, 0.5) is 5.69 Å². The van der Waals surface area contributed by atoms with Gasteiger partial charge in [-0.05, 0) is 41.7 Å². The quantitative estimate of drug-likeness (QED) is 0.890. The molecule has 4 heteroatoms. The summed E-state index contributed by atoms with van der Waals surface area (Å²) in [6, 6.07) is 11.6. The lowest BCUT2D eigenvalue weighted by molar-refractivity contribution is -0.116. The average molecular weight is 301 g/mol. The summed E-state index contributed by atoms with van der Waals surface area (Å²) >= 11 is 6.36. The first-order valence-electron chi connectivity index (χ1n) is 6.99. The van der Waals surface area contributed by atoms with E-state index in [1.807, 2.05) is 37.3 Å². The van der Waals surface area contributed by atoms with Crippen molar-refractivity contribution in [2.75, 3.05) is 5.32 Å². The standard InChI is InChI=1S/C17H17ClN2O/c1-10-3-2-4-13(16(10)18)17(19)12-5-7-14-11(9-12)6-8-15(21)20-14/h2-5,7,9,17H,6,8,19H2,1H3,(H,20,21). The topological polar surface area (TPSA) is 55.1 Å². The van der Waals surface area contributed by atoms with Crippen LogP contribution < -0.4 is 11.1 Å². The number of hydrogen-bond donors (Lipinski definition) is 2.